The van der Waals surface area contributed by atoms with E-state index in [9.17, 15) is 0 Å². The molecular formula is C45H38N3O-. The first-order valence-corrected chi connectivity index (χ1v) is 17.6. The topological polar surface area (TPSA) is 48.0 Å². The molecule has 3 aromatic carbocycles. The Morgan fingerprint density at radius 2 is 1.20 bits per heavy atom. The summed E-state index contributed by atoms with van der Waals surface area (Å²) in [5, 5.41) is 5.12. The smallest absolute Gasteiger partial charge is 0.127 e. The van der Waals surface area contributed by atoms with Crippen molar-refractivity contribution in [1.29, 1.82) is 0 Å². The minimum atomic E-state index is -0.394. The zero-order valence-corrected chi connectivity index (χ0v) is 27.5. The molecule has 2 heterocycles. The third kappa shape index (κ3) is 5.93. The number of hydrogen-bond acceptors (Lipinski definition) is 3. The lowest BCUT2D eigenvalue weighted by Crippen LogP contribution is -2.17. The van der Waals surface area contributed by atoms with E-state index in [-0.39, 0.29) is 6.10 Å². The van der Waals surface area contributed by atoms with Crippen LogP contribution in [0.15, 0.2) is 161 Å². The number of nitrogens with zero attached hydrogens (tertiary/aromatic N) is 3. The van der Waals surface area contributed by atoms with Gasteiger partial charge in [-0.15, -0.1) is 0 Å². The minimum Gasteiger partial charge on any atom is -0.485 e. The predicted molar refractivity (Wildman–Crippen MR) is 202 cm³/mol. The van der Waals surface area contributed by atoms with Crippen LogP contribution in [0.5, 0.6) is 0 Å². The second-order valence-electron chi connectivity index (χ2n) is 13.4. The van der Waals surface area contributed by atoms with E-state index in [1.165, 1.54) is 39.0 Å². The van der Waals surface area contributed by atoms with Crippen molar-refractivity contribution in [3.63, 3.8) is 0 Å². The molecule has 3 unspecified atom stereocenters. The first-order valence-electron chi connectivity index (χ1n) is 17.6. The number of benzene rings is 3. The number of ether oxygens (including phenoxy) is 1. The second-order valence-corrected chi connectivity index (χ2v) is 13.4. The molecule has 0 N–H and O–H groups in total. The number of aliphatic imine (C=N–C) groups is 2. The maximum absolute atomic E-state index is 6.23. The first kappa shape index (κ1) is 29.6. The molecule has 0 saturated carbocycles. The summed E-state index contributed by atoms with van der Waals surface area (Å²) in [6, 6.07) is 26.0. The van der Waals surface area contributed by atoms with Gasteiger partial charge in [-0.3, -0.25) is 4.99 Å². The van der Waals surface area contributed by atoms with E-state index in [4.69, 9.17) is 20.0 Å². The Kier molecular flexibility index (Phi) is 7.78. The standard InChI is InChI=1S/C45H38N3O/c1-3-9-30(10-4-1)32-15-21-35(22-16-32)43-46-44(36-23-17-33(18-24-36)31-11-5-2-6-12-31)48-45(47-43)37-25-19-34(20-26-37)38-27-28-42-40(29-38)39-13-7-8-14-41(39)49-42/h3,5,8-12,14-29,40,42,45H,1-2,4,6-7,13H2/q-1. The Morgan fingerprint density at radius 1 is 0.592 bits per heavy atom. The lowest BCUT2D eigenvalue weighted by molar-refractivity contribution is 0.174. The van der Waals surface area contributed by atoms with Crippen molar-refractivity contribution in [1.82, 2.24) is 0 Å². The van der Waals surface area contributed by atoms with Crippen LogP contribution in [-0.2, 0) is 4.74 Å². The van der Waals surface area contributed by atoms with E-state index in [0.29, 0.717) is 17.6 Å². The van der Waals surface area contributed by atoms with Crippen LogP contribution >= 0.6 is 0 Å². The Morgan fingerprint density at radius 3 is 1.88 bits per heavy atom. The molecule has 240 valence electrons. The van der Waals surface area contributed by atoms with E-state index in [0.717, 1.165) is 61.0 Å². The molecule has 0 saturated heterocycles. The lowest BCUT2D eigenvalue weighted by atomic mass is 9.83. The van der Waals surface area contributed by atoms with E-state index in [2.05, 4.69) is 140 Å². The Balaban J connectivity index is 1.02. The number of rotatable bonds is 6. The van der Waals surface area contributed by atoms with Crippen molar-refractivity contribution in [3.05, 3.63) is 190 Å². The normalized spacial score (nSPS) is 23.8. The quantitative estimate of drug-likeness (QED) is 0.266. The van der Waals surface area contributed by atoms with Crippen LogP contribution in [0.1, 0.15) is 78.1 Å². The molecule has 3 atom stereocenters. The van der Waals surface area contributed by atoms with Crippen molar-refractivity contribution >= 4 is 28.4 Å². The zero-order chi connectivity index (χ0) is 32.6. The number of amidine groups is 2. The Bertz CT molecular complexity index is 2090. The third-order valence-corrected chi connectivity index (χ3v) is 10.2. The molecule has 0 bridgehead atoms. The highest BCUT2D eigenvalue weighted by Crippen LogP contribution is 2.43. The summed E-state index contributed by atoms with van der Waals surface area (Å²) in [6.45, 7) is 0. The molecule has 4 nitrogen and oxygen atoms in total. The molecule has 0 amide bonds. The fourth-order valence-electron chi connectivity index (χ4n) is 7.49. The van der Waals surface area contributed by atoms with E-state index in [1.54, 1.807) is 0 Å². The van der Waals surface area contributed by atoms with Crippen LogP contribution in [0, 0.1) is 5.92 Å². The first-order chi connectivity index (χ1) is 24.2. The van der Waals surface area contributed by atoms with Gasteiger partial charge in [-0.05, 0) is 106 Å². The van der Waals surface area contributed by atoms with Crippen molar-refractivity contribution < 1.29 is 4.74 Å². The second kappa shape index (κ2) is 12.9. The Labute approximate surface area is 288 Å². The van der Waals surface area contributed by atoms with E-state index >= 15 is 0 Å². The molecular weight excluding hydrogens is 599 g/mol. The molecule has 0 radical (unpaired) electrons. The maximum Gasteiger partial charge on any atom is 0.127 e. The molecule has 49 heavy (non-hydrogen) atoms. The third-order valence-electron chi connectivity index (χ3n) is 10.2. The Hall–Kier alpha value is -5.48. The maximum atomic E-state index is 6.23. The lowest BCUT2D eigenvalue weighted by Gasteiger charge is -2.32. The van der Waals surface area contributed by atoms with Gasteiger partial charge in [0.2, 0.25) is 0 Å². The molecule has 0 fully saturated rings. The predicted octanol–water partition coefficient (Wildman–Crippen LogP) is 11.0. The van der Waals surface area contributed by atoms with Gasteiger partial charge in [0, 0.05) is 5.92 Å². The summed E-state index contributed by atoms with van der Waals surface area (Å²) in [5.74, 6) is 2.79. The number of fused-ring (bicyclic) bond motifs is 2. The molecule has 2 aliphatic heterocycles. The van der Waals surface area contributed by atoms with Gasteiger partial charge in [-0.1, -0.05) is 133 Å². The summed E-state index contributed by atoms with van der Waals surface area (Å²) in [5.41, 5.74) is 11.9. The minimum absolute atomic E-state index is 0.108. The number of hydrogen-bond donors (Lipinski definition) is 0. The van der Waals surface area contributed by atoms with Gasteiger partial charge in [0.05, 0.1) is 12.0 Å². The fourth-order valence-corrected chi connectivity index (χ4v) is 7.49. The van der Waals surface area contributed by atoms with Crippen LogP contribution in [0.25, 0.3) is 22.0 Å². The van der Waals surface area contributed by atoms with Crippen LogP contribution in [0.4, 0.5) is 0 Å². The molecule has 4 aliphatic carbocycles. The molecule has 3 aromatic rings. The summed E-state index contributed by atoms with van der Waals surface area (Å²) in [7, 11) is 0. The monoisotopic (exact) mass is 636 g/mol. The molecule has 0 aromatic heterocycles. The average molecular weight is 637 g/mol. The largest absolute Gasteiger partial charge is 0.485 e. The molecule has 4 heteroatoms. The van der Waals surface area contributed by atoms with Crippen molar-refractivity contribution in [3.8, 4) is 0 Å². The molecule has 6 aliphatic rings. The van der Waals surface area contributed by atoms with Gasteiger partial charge in [-0.25, -0.2) is 0 Å². The van der Waals surface area contributed by atoms with Crippen LogP contribution in [0.2, 0.25) is 0 Å². The molecule has 0 spiro atoms. The highest BCUT2D eigenvalue weighted by molar-refractivity contribution is 6.18. The van der Waals surface area contributed by atoms with Gasteiger partial charge in [-0.2, -0.15) is 0 Å². The van der Waals surface area contributed by atoms with Crippen molar-refractivity contribution in [2.75, 3.05) is 0 Å². The van der Waals surface area contributed by atoms with Gasteiger partial charge >= 0.3 is 0 Å². The highest BCUT2D eigenvalue weighted by Gasteiger charge is 2.35. The number of allylic oxidation sites excluding steroid dienone is 12. The molecule has 9 rings (SSSR count). The van der Waals surface area contributed by atoms with E-state index < -0.39 is 6.17 Å². The summed E-state index contributed by atoms with van der Waals surface area (Å²) < 4.78 is 6.23. The van der Waals surface area contributed by atoms with Crippen molar-refractivity contribution in [2.45, 2.75) is 50.8 Å². The van der Waals surface area contributed by atoms with Gasteiger partial charge < -0.3 is 15.0 Å². The summed E-state index contributed by atoms with van der Waals surface area (Å²) in [6.07, 6.45) is 31.0. The van der Waals surface area contributed by atoms with Gasteiger partial charge in [0.25, 0.3) is 0 Å². The van der Waals surface area contributed by atoms with Crippen molar-refractivity contribution in [2.24, 2.45) is 15.9 Å². The van der Waals surface area contributed by atoms with Crippen LogP contribution in [0.3, 0.4) is 0 Å². The summed E-state index contributed by atoms with van der Waals surface area (Å²) >= 11 is 0. The summed E-state index contributed by atoms with van der Waals surface area (Å²) in [4.78, 5) is 10.2. The van der Waals surface area contributed by atoms with Crippen LogP contribution in [-0.4, -0.2) is 17.8 Å². The zero-order valence-electron chi connectivity index (χ0n) is 27.5. The van der Waals surface area contributed by atoms with E-state index in [1.807, 2.05) is 0 Å². The SMILES string of the molecule is C1=CC(c2ccc(C3=NC(c4ccc(C5=CC6C7=C(C=CCC7)OC6C=C5)cc4)[N-]C(c4ccc(C5=CCCC=C5)cc4)=N3)cc2)=CCC1. The average Bonchev–Trinajstić information content (AvgIpc) is 3.57. The van der Waals surface area contributed by atoms with Gasteiger partial charge in [0.1, 0.15) is 11.9 Å². The van der Waals surface area contributed by atoms with Crippen LogP contribution < -0.4 is 0 Å². The fraction of sp³-hybridized carbons (Fsp3) is 0.200. The highest BCUT2D eigenvalue weighted by atomic mass is 16.5. The van der Waals surface area contributed by atoms with Gasteiger partial charge in [0.15, 0.2) is 0 Å².